The maximum absolute atomic E-state index is 11.5. The Morgan fingerprint density at radius 3 is 2.54 bits per heavy atom. The van der Waals surface area contributed by atoms with Crippen LogP contribution < -0.4 is 10.5 Å². The minimum Gasteiger partial charge on any atom is -0.334 e. The van der Waals surface area contributed by atoms with Crippen molar-refractivity contribution in [3.8, 4) is 11.5 Å². The number of nitrogens with one attached hydrogen (secondary N) is 1. The van der Waals surface area contributed by atoms with Crippen molar-refractivity contribution < 1.29 is 12.9 Å². The van der Waals surface area contributed by atoms with Gasteiger partial charge in [0.15, 0.2) is 5.82 Å². The Hall–Kier alpha value is -1.77. The van der Waals surface area contributed by atoms with Gasteiger partial charge >= 0.3 is 0 Å². The SMILES string of the molecule is CCS(=O)(=O)NCc1ccc(-c2nc(C3(N)CCCC3)no2)cc1. The first-order valence-electron chi connectivity index (χ1n) is 8.12. The number of nitrogens with two attached hydrogens (primary N) is 1. The van der Waals surface area contributed by atoms with Crippen LogP contribution in [0.15, 0.2) is 28.8 Å². The molecule has 0 spiro atoms. The zero-order valence-electron chi connectivity index (χ0n) is 13.7. The van der Waals surface area contributed by atoms with E-state index in [1.165, 1.54) is 0 Å². The van der Waals surface area contributed by atoms with Gasteiger partial charge in [-0.05, 0) is 37.5 Å². The molecule has 24 heavy (non-hydrogen) atoms. The molecule has 0 atom stereocenters. The first kappa shape index (κ1) is 17.1. The summed E-state index contributed by atoms with van der Waals surface area (Å²) in [5, 5.41) is 4.05. The van der Waals surface area contributed by atoms with E-state index in [2.05, 4.69) is 14.9 Å². The van der Waals surface area contributed by atoms with Gasteiger partial charge in [-0.3, -0.25) is 0 Å². The third-order valence-corrected chi connectivity index (χ3v) is 5.79. The third kappa shape index (κ3) is 3.66. The van der Waals surface area contributed by atoms with Crippen LogP contribution in [0.25, 0.3) is 11.5 Å². The van der Waals surface area contributed by atoms with E-state index in [-0.39, 0.29) is 12.3 Å². The first-order valence-corrected chi connectivity index (χ1v) is 9.77. The Balaban J connectivity index is 1.71. The molecule has 1 aliphatic carbocycles. The number of rotatable bonds is 6. The summed E-state index contributed by atoms with van der Waals surface area (Å²) in [6, 6.07) is 7.35. The van der Waals surface area contributed by atoms with Gasteiger partial charge in [0, 0.05) is 12.1 Å². The fraction of sp³-hybridized carbons (Fsp3) is 0.500. The highest BCUT2D eigenvalue weighted by atomic mass is 32.2. The third-order valence-electron chi connectivity index (χ3n) is 4.44. The van der Waals surface area contributed by atoms with Gasteiger partial charge in [-0.25, -0.2) is 13.1 Å². The second kappa shape index (κ2) is 6.62. The van der Waals surface area contributed by atoms with Crippen LogP contribution in [0.3, 0.4) is 0 Å². The Bertz CT molecular complexity index is 793. The normalized spacial score (nSPS) is 17.2. The van der Waals surface area contributed by atoms with Crippen LogP contribution in [-0.2, 0) is 22.1 Å². The lowest BCUT2D eigenvalue weighted by atomic mass is 9.99. The fourth-order valence-corrected chi connectivity index (χ4v) is 3.42. The standard InChI is InChI=1S/C16H22N4O3S/c1-2-24(21,22)18-11-12-5-7-13(8-6-12)14-19-15(20-23-14)16(17)9-3-4-10-16/h5-8,18H,2-4,9-11,17H2,1H3. The Kier molecular flexibility index (Phi) is 4.71. The molecule has 1 aromatic heterocycles. The van der Waals surface area contributed by atoms with Crippen LogP contribution in [0.5, 0.6) is 0 Å². The summed E-state index contributed by atoms with van der Waals surface area (Å²) < 4.78 is 30.8. The van der Waals surface area contributed by atoms with Crippen LogP contribution in [0, 0.1) is 0 Å². The maximum atomic E-state index is 11.5. The van der Waals surface area contributed by atoms with Crippen molar-refractivity contribution in [1.29, 1.82) is 0 Å². The van der Waals surface area contributed by atoms with E-state index in [4.69, 9.17) is 10.3 Å². The Morgan fingerprint density at radius 2 is 1.92 bits per heavy atom. The van der Waals surface area contributed by atoms with Crippen molar-refractivity contribution in [2.24, 2.45) is 5.73 Å². The van der Waals surface area contributed by atoms with Crippen molar-refractivity contribution in [3.63, 3.8) is 0 Å². The highest BCUT2D eigenvalue weighted by molar-refractivity contribution is 7.89. The molecule has 0 bridgehead atoms. The second-order valence-corrected chi connectivity index (χ2v) is 8.30. The second-order valence-electron chi connectivity index (χ2n) is 6.21. The van der Waals surface area contributed by atoms with Crippen LogP contribution in [-0.4, -0.2) is 24.3 Å². The van der Waals surface area contributed by atoms with Gasteiger partial charge in [-0.15, -0.1) is 0 Å². The highest BCUT2D eigenvalue weighted by Gasteiger charge is 2.36. The van der Waals surface area contributed by atoms with Gasteiger partial charge in [0.2, 0.25) is 10.0 Å². The Morgan fingerprint density at radius 1 is 1.25 bits per heavy atom. The van der Waals surface area contributed by atoms with E-state index < -0.39 is 15.6 Å². The van der Waals surface area contributed by atoms with E-state index in [0.29, 0.717) is 11.7 Å². The molecule has 130 valence electrons. The van der Waals surface area contributed by atoms with Crippen molar-refractivity contribution >= 4 is 10.0 Å². The van der Waals surface area contributed by atoms with Crippen molar-refractivity contribution in [1.82, 2.24) is 14.9 Å². The van der Waals surface area contributed by atoms with Gasteiger partial charge in [-0.1, -0.05) is 30.1 Å². The lowest BCUT2D eigenvalue weighted by Gasteiger charge is -2.17. The predicted octanol–water partition coefficient (Wildman–Crippen LogP) is 1.90. The van der Waals surface area contributed by atoms with E-state index in [1.54, 1.807) is 6.92 Å². The minimum atomic E-state index is -3.20. The quantitative estimate of drug-likeness (QED) is 0.823. The molecule has 8 heteroatoms. The molecule has 0 amide bonds. The molecule has 3 rings (SSSR count). The van der Waals surface area contributed by atoms with Crippen LogP contribution in [0.2, 0.25) is 0 Å². The molecule has 0 unspecified atom stereocenters. The van der Waals surface area contributed by atoms with Crippen LogP contribution in [0.4, 0.5) is 0 Å². The molecule has 0 radical (unpaired) electrons. The number of hydrogen-bond acceptors (Lipinski definition) is 6. The molecular formula is C16H22N4O3S. The number of aromatic nitrogens is 2. The largest absolute Gasteiger partial charge is 0.334 e. The molecular weight excluding hydrogens is 328 g/mol. The smallest absolute Gasteiger partial charge is 0.257 e. The molecule has 1 fully saturated rings. The highest BCUT2D eigenvalue weighted by Crippen LogP contribution is 2.35. The van der Waals surface area contributed by atoms with Crippen molar-refractivity contribution in [2.75, 3.05) is 5.75 Å². The monoisotopic (exact) mass is 350 g/mol. The average molecular weight is 350 g/mol. The number of nitrogens with zero attached hydrogens (tertiary/aromatic N) is 2. The Labute approximate surface area is 141 Å². The summed E-state index contributed by atoms with van der Waals surface area (Å²) >= 11 is 0. The summed E-state index contributed by atoms with van der Waals surface area (Å²) in [5.41, 5.74) is 7.52. The predicted molar refractivity (Wildman–Crippen MR) is 90.4 cm³/mol. The van der Waals surface area contributed by atoms with Gasteiger partial charge in [0.25, 0.3) is 5.89 Å². The van der Waals surface area contributed by atoms with E-state index in [0.717, 1.165) is 36.8 Å². The summed E-state index contributed by atoms with van der Waals surface area (Å²) in [6.45, 7) is 1.87. The van der Waals surface area contributed by atoms with Gasteiger partial charge < -0.3 is 10.3 Å². The van der Waals surface area contributed by atoms with E-state index in [9.17, 15) is 8.42 Å². The lowest BCUT2D eigenvalue weighted by molar-refractivity contribution is 0.372. The molecule has 7 nitrogen and oxygen atoms in total. The zero-order valence-corrected chi connectivity index (χ0v) is 14.5. The van der Waals surface area contributed by atoms with Crippen LogP contribution >= 0.6 is 0 Å². The number of sulfonamides is 1. The first-order chi connectivity index (χ1) is 11.4. The summed E-state index contributed by atoms with van der Waals surface area (Å²) in [5.74, 6) is 1.06. The molecule has 1 saturated carbocycles. The number of hydrogen-bond donors (Lipinski definition) is 2. The zero-order chi connectivity index (χ0) is 17.2. The van der Waals surface area contributed by atoms with E-state index >= 15 is 0 Å². The molecule has 1 aromatic carbocycles. The summed E-state index contributed by atoms with van der Waals surface area (Å²) in [7, 11) is -3.20. The summed E-state index contributed by atoms with van der Waals surface area (Å²) in [6.07, 6.45) is 3.93. The molecule has 1 heterocycles. The fourth-order valence-electron chi connectivity index (χ4n) is 2.83. The topological polar surface area (TPSA) is 111 Å². The van der Waals surface area contributed by atoms with Crippen molar-refractivity contribution in [3.05, 3.63) is 35.7 Å². The molecule has 3 N–H and O–H groups in total. The molecule has 0 saturated heterocycles. The van der Waals surface area contributed by atoms with Gasteiger partial charge in [0.05, 0.1) is 11.3 Å². The van der Waals surface area contributed by atoms with E-state index in [1.807, 2.05) is 24.3 Å². The van der Waals surface area contributed by atoms with Gasteiger partial charge in [0.1, 0.15) is 0 Å². The van der Waals surface area contributed by atoms with Crippen molar-refractivity contribution in [2.45, 2.75) is 44.7 Å². The average Bonchev–Trinajstić information content (AvgIpc) is 3.24. The molecule has 0 aliphatic heterocycles. The molecule has 2 aromatic rings. The number of benzene rings is 1. The van der Waals surface area contributed by atoms with Crippen LogP contribution in [0.1, 0.15) is 44.0 Å². The van der Waals surface area contributed by atoms with Gasteiger partial charge in [-0.2, -0.15) is 4.98 Å². The minimum absolute atomic E-state index is 0.0662. The summed E-state index contributed by atoms with van der Waals surface area (Å²) in [4.78, 5) is 4.45. The lowest BCUT2D eigenvalue weighted by Crippen LogP contribution is -2.34. The maximum Gasteiger partial charge on any atom is 0.257 e. The molecule has 1 aliphatic rings.